The SMILES string of the molecule is C=CCC1NCCc2ccc(Cl)cc21. The van der Waals surface area contributed by atoms with Crippen molar-refractivity contribution in [2.24, 2.45) is 0 Å². The van der Waals surface area contributed by atoms with Crippen molar-refractivity contribution in [1.29, 1.82) is 0 Å². The van der Waals surface area contributed by atoms with Gasteiger partial charge in [-0.3, -0.25) is 0 Å². The maximum atomic E-state index is 5.99. The molecule has 0 spiro atoms. The zero-order valence-electron chi connectivity index (χ0n) is 8.09. The monoisotopic (exact) mass is 207 g/mol. The van der Waals surface area contributed by atoms with E-state index < -0.39 is 0 Å². The molecule has 0 saturated heterocycles. The molecule has 1 heterocycles. The zero-order chi connectivity index (χ0) is 9.97. The van der Waals surface area contributed by atoms with Gasteiger partial charge in [-0.25, -0.2) is 0 Å². The van der Waals surface area contributed by atoms with Gasteiger partial charge in [0.1, 0.15) is 0 Å². The Morgan fingerprint density at radius 1 is 1.57 bits per heavy atom. The molecule has 1 aliphatic heterocycles. The first-order valence-electron chi connectivity index (χ1n) is 4.94. The molecular formula is C12H14ClN. The molecule has 0 fully saturated rings. The topological polar surface area (TPSA) is 12.0 Å². The number of nitrogens with one attached hydrogen (secondary N) is 1. The number of fused-ring (bicyclic) bond motifs is 1. The fraction of sp³-hybridized carbons (Fsp3) is 0.333. The molecule has 1 nitrogen and oxygen atoms in total. The number of rotatable bonds is 2. The van der Waals surface area contributed by atoms with Crippen LogP contribution in [0, 0.1) is 0 Å². The highest BCUT2D eigenvalue weighted by Crippen LogP contribution is 2.28. The van der Waals surface area contributed by atoms with Crippen molar-refractivity contribution in [3.05, 3.63) is 47.0 Å². The molecule has 0 amide bonds. The summed E-state index contributed by atoms with van der Waals surface area (Å²) in [7, 11) is 0. The highest BCUT2D eigenvalue weighted by molar-refractivity contribution is 6.30. The van der Waals surface area contributed by atoms with Crippen LogP contribution in [0.25, 0.3) is 0 Å². The first-order valence-corrected chi connectivity index (χ1v) is 5.31. The predicted molar refractivity (Wildman–Crippen MR) is 60.7 cm³/mol. The molecule has 1 aliphatic rings. The van der Waals surface area contributed by atoms with Gasteiger partial charge in [0, 0.05) is 11.1 Å². The third-order valence-electron chi connectivity index (χ3n) is 2.67. The molecular weight excluding hydrogens is 194 g/mol. The lowest BCUT2D eigenvalue weighted by Crippen LogP contribution is -2.29. The molecule has 0 aromatic heterocycles. The van der Waals surface area contributed by atoms with E-state index in [-0.39, 0.29) is 0 Å². The Morgan fingerprint density at radius 2 is 2.43 bits per heavy atom. The highest BCUT2D eigenvalue weighted by Gasteiger charge is 2.18. The van der Waals surface area contributed by atoms with Crippen molar-refractivity contribution in [2.45, 2.75) is 18.9 Å². The van der Waals surface area contributed by atoms with Gasteiger partial charge in [0.05, 0.1) is 0 Å². The van der Waals surface area contributed by atoms with Crippen molar-refractivity contribution in [1.82, 2.24) is 5.32 Å². The van der Waals surface area contributed by atoms with Gasteiger partial charge in [0.15, 0.2) is 0 Å². The van der Waals surface area contributed by atoms with Crippen LogP contribution in [0.2, 0.25) is 5.02 Å². The summed E-state index contributed by atoms with van der Waals surface area (Å²) in [6.45, 7) is 4.83. The summed E-state index contributed by atoms with van der Waals surface area (Å²) in [5, 5.41) is 4.29. The largest absolute Gasteiger partial charge is 0.309 e. The van der Waals surface area contributed by atoms with Crippen LogP contribution in [-0.2, 0) is 6.42 Å². The first kappa shape index (κ1) is 9.75. The zero-order valence-corrected chi connectivity index (χ0v) is 8.85. The minimum absolute atomic E-state index is 0.398. The van der Waals surface area contributed by atoms with Crippen LogP contribution in [0.4, 0.5) is 0 Å². The molecule has 0 bridgehead atoms. The molecule has 14 heavy (non-hydrogen) atoms. The van der Waals surface area contributed by atoms with Gasteiger partial charge in [0.25, 0.3) is 0 Å². The van der Waals surface area contributed by atoms with E-state index in [0.717, 1.165) is 24.4 Å². The average molecular weight is 208 g/mol. The standard InChI is InChI=1S/C12H14ClN/c1-2-3-12-11-8-10(13)5-4-9(11)6-7-14-12/h2,4-5,8,12,14H,1,3,6-7H2. The third kappa shape index (κ3) is 1.84. The van der Waals surface area contributed by atoms with Gasteiger partial charge >= 0.3 is 0 Å². The third-order valence-corrected chi connectivity index (χ3v) is 2.91. The Labute approximate surface area is 89.8 Å². The summed E-state index contributed by atoms with van der Waals surface area (Å²) in [5.41, 5.74) is 2.75. The van der Waals surface area contributed by atoms with Gasteiger partial charge in [-0.2, -0.15) is 0 Å². The van der Waals surface area contributed by atoms with Crippen LogP contribution >= 0.6 is 11.6 Å². The Bertz CT molecular complexity index is 346. The molecule has 1 N–H and O–H groups in total. The molecule has 2 rings (SSSR count). The van der Waals surface area contributed by atoms with E-state index in [1.807, 2.05) is 12.1 Å². The maximum Gasteiger partial charge on any atom is 0.0409 e. The van der Waals surface area contributed by atoms with Crippen LogP contribution in [-0.4, -0.2) is 6.54 Å². The molecule has 1 unspecified atom stereocenters. The van der Waals surface area contributed by atoms with Gasteiger partial charge in [-0.15, -0.1) is 6.58 Å². The van der Waals surface area contributed by atoms with Crippen molar-refractivity contribution in [3.63, 3.8) is 0 Å². The molecule has 0 radical (unpaired) electrons. The van der Waals surface area contributed by atoms with Crippen LogP contribution in [0.1, 0.15) is 23.6 Å². The van der Waals surface area contributed by atoms with Crippen LogP contribution in [0.3, 0.4) is 0 Å². The van der Waals surface area contributed by atoms with E-state index >= 15 is 0 Å². The Morgan fingerprint density at radius 3 is 3.21 bits per heavy atom. The number of hydrogen-bond donors (Lipinski definition) is 1. The summed E-state index contributed by atoms with van der Waals surface area (Å²) in [4.78, 5) is 0. The fourth-order valence-electron chi connectivity index (χ4n) is 1.99. The molecule has 74 valence electrons. The minimum Gasteiger partial charge on any atom is -0.309 e. The lowest BCUT2D eigenvalue weighted by atomic mass is 9.92. The van der Waals surface area contributed by atoms with Crippen molar-refractivity contribution >= 4 is 11.6 Å². The minimum atomic E-state index is 0.398. The molecule has 1 aromatic rings. The number of halogens is 1. The van der Waals surface area contributed by atoms with Gasteiger partial charge in [-0.1, -0.05) is 23.7 Å². The van der Waals surface area contributed by atoms with E-state index in [4.69, 9.17) is 11.6 Å². The van der Waals surface area contributed by atoms with E-state index in [1.54, 1.807) is 0 Å². The maximum absolute atomic E-state index is 5.99. The predicted octanol–water partition coefficient (Wildman–Crippen LogP) is 3.10. The smallest absolute Gasteiger partial charge is 0.0409 e. The second-order valence-electron chi connectivity index (χ2n) is 3.62. The Balaban J connectivity index is 2.36. The summed E-state index contributed by atoms with van der Waals surface area (Å²) in [5.74, 6) is 0. The van der Waals surface area contributed by atoms with Crippen LogP contribution in [0.5, 0.6) is 0 Å². The van der Waals surface area contributed by atoms with Gasteiger partial charge in [-0.05, 0) is 42.6 Å². The molecule has 0 aliphatic carbocycles. The quantitative estimate of drug-likeness (QED) is 0.735. The van der Waals surface area contributed by atoms with Crippen molar-refractivity contribution in [3.8, 4) is 0 Å². The van der Waals surface area contributed by atoms with Gasteiger partial charge in [0.2, 0.25) is 0 Å². The van der Waals surface area contributed by atoms with Crippen LogP contribution in [0.15, 0.2) is 30.9 Å². The lowest BCUT2D eigenvalue weighted by Gasteiger charge is -2.26. The Kier molecular flexibility index (Phi) is 2.90. The second-order valence-corrected chi connectivity index (χ2v) is 4.06. The average Bonchev–Trinajstić information content (AvgIpc) is 2.19. The van der Waals surface area contributed by atoms with E-state index in [2.05, 4.69) is 24.0 Å². The second kappa shape index (κ2) is 4.16. The number of benzene rings is 1. The molecule has 2 heteroatoms. The first-order chi connectivity index (χ1) is 6.81. The van der Waals surface area contributed by atoms with Crippen molar-refractivity contribution in [2.75, 3.05) is 6.54 Å². The summed E-state index contributed by atoms with van der Waals surface area (Å²) < 4.78 is 0. The fourth-order valence-corrected chi connectivity index (χ4v) is 2.17. The van der Waals surface area contributed by atoms with E-state index in [1.165, 1.54) is 11.1 Å². The summed E-state index contributed by atoms with van der Waals surface area (Å²) >= 11 is 5.99. The molecule has 0 saturated carbocycles. The normalized spacial score (nSPS) is 20.2. The lowest BCUT2D eigenvalue weighted by molar-refractivity contribution is 0.510. The van der Waals surface area contributed by atoms with Crippen molar-refractivity contribution < 1.29 is 0 Å². The Hall–Kier alpha value is -0.790. The van der Waals surface area contributed by atoms with Gasteiger partial charge < -0.3 is 5.32 Å². The van der Waals surface area contributed by atoms with Crippen LogP contribution < -0.4 is 5.32 Å². The number of hydrogen-bond acceptors (Lipinski definition) is 1. The summed E-state index contributed by atoms with van der Waals surface area (Å²) in [6, 6.07) is 6.57. The highest BCUT2D eigenvalue weighted by atomic mass is 35.5. The van der Waals surface area contributed by atoms with E-state index in [9.17, 15) is 0 Å². The van der Waals surface area contributed by atoms with E-state index in [0.29, 0.717) is 6.04 Å². The molecule has 1 aromatic carbocycles. The summed E-state index contributed by atoms with van der Waals surface area (Å²) in [6.07, 6.45) is 4.02. The molecule has 1 atom stereocenters.